The molecule has 1 atom stereocenters. The number of aliphatic carboxylic acids is 1. The summed E-state index contributed by atoms with van der Waals surface area (Å²) in [5.41, 5.74) is 13.7. The van der Waals surface area contributed by atoms with Crippen LogP contribution in [0.15, 0.2) is 85.1 Å². The Morgan fingerprint density at radius 1 is 0.797 bits per heavy atom. The lowest BCUT2D eigenvalue weighted by Crippen LogP contribution is -2.46. The molecule has 4 amide bonds. The summed E-state index contributed by atoms with van der Waals surface area (Å²) in [6.07, 6.45) is 13.1. The van der Waals surface area contributed by atoms with Crippen molar-refractivity contribution in [3.63, 3.8) is 0 Å². The number of nitrogens with zero attached hydrogens (tertiary/aromatic N) is 4. The maximum atomic E-state index is 12.9. The van der Waals surface area contributed by atoms with Gasteiger partial charge in [-0.3, -0.25) is 33.9 Å². The van der Waals surface area contributed by atoms with Crippen LogP contribution >= 0.6 is 0 Å². The van der Waals surface area contributed by atoms with Crippen LogP contribution in [0.25, 0.3) is 11.3 Å². The van der Waals surface area contributed by atoms with E-state index in [2.05, 4.69) is 49.7 Å². The summed E-state index contributed by atoms with van der Waals surface area (Å²) in [4.78, 5) is 68.3. The molecule has 5 N–H and O–H groups in total. The zero-order valence-corrected chi connectivity index (χ0v) is 40.4. The second kappa shape index (κ2) is 29.6. The standard InChI is InChI=1S/C25H26N4O2.C18H33N3O7.C10H12/c1-17-6-5-7-19(14-17)25(31)28-22-9-8-20(29-12-3-2-4-13-29)16-21(22)23-15-18(24(26)30)10-11-27-23;1-20(15-22)7-8-21-6-2-3-16(21)18(25)19-5-10-27-12-14-28-13-11-26-9-4-17(23)24;1-2-6-10-8-4-3-7-9(10)5-1/h5-11,14-16H,2-4,12-13H2,1H3,(H2,26,30)(H,28,31);15-16H,2-14H2,1H3,(H,19,25)(H,23,24);1-2,5-6H,3-4,7-8H2. The molecule has 3 aliphatic rings. The highest BCUT2D eigenvalue weighted by Gasteiger charge is 2.30. The quantitative estimate of drug-likeness (QED) is 0.0518. The van der Waals surface area contributed by atoms with Crippen molar-refractivity contribution < 1.29 is 43.3 Å². The van der Waals surface area contributed by atoms with Gasteiger partial charge in [0.15, 0.2) is 0 Å². The van der Waals surface area contributed by atoms with Gasteiger partial charge in [-0.2, -0.15) is 0 Å². The minimum Gasteiger partial charge on any atom is -0.481 e. The monoisotopic (exact) mass is 950 g/mol. The number of likely N-dealkylation sites (tertiary alicyclic amines) is 1. The molecule has 69 heavy (non-hydrogen) atoms. The van der Waals surface area contributed by atoms with E-state index in [1.54, 1.807) is 47.5 Å². The first-order valence-corrected chi connectivity index (χ1v) is 24.2. The number of carbonyl (C=O) groups is 5. The zero-order chi connectivity index (χ0) is 49.2. The van der Waals surface area contributed by atoms with E-state index in [0.717, 1.165) is 68.5 Å². The third-order valence-corrected chi connectivity index (χ3v) is 12.2. The number of amides is 4. The van der Waals surface area contributed by atoms with E-state index in [9.17, 15) is 24.0 Å². The molecule has 2 fully saturated rings. The number of aromatic nitrogens is 1. The van der Waals surface area contributed by atoms with Gasteiger partial charge in [-0.25, -0.2) is 0 Å². The molecule has 16 nitrogen and oxygen atoms in total. The molecule has 0 radical (unpaired) electrons. The Morgan fingerprint density at radius 3 is 2.16 bits per heavy atom. The molecule has 3 aromatic carbocycles. The number of primary amides is 1. The van der Waals surface area contributed by atoms with Gasteiger partial charge < -0.3 is 45.5 Å². The fraction of sp³-hybridized carbons (Fsp3) is 0.472. The van der Waals surface area contributed by atoms with Crippen molar-refractivity contribution in [1.29, 1.82) is 0 Å². The van der Waals surface area contributed by atoms with Crippen molar-refractivity contribution in [3.8, 4) is 11.3 Å². The van der Waals surface area contributed by atoms with Crippen LogP contribution in [0, 0.1) is 6.92 Å². The van der Waals surface area contributed by atoms with Gasteiger partial charge in [0.25, 0.3) is 5.91 Å². The van der Waals surface area contributed by atoms with Gasteiger partial charge in [-0.1, -0.05) is 42.0 Å². The molecule has 7 rings (SSSR count). The summed E-state index contributed by atoms with van der Waals surface area (Å²) < 4.78 is 15.8. The van der Waals surface area contributed by atoms with Crippen LogP contribution in [0.2, 0.25) is 0 Å². The van der Waals surface area contributed by atoms with E-state index >= 15 is 0 Å². The number of nitrogens with one attached hydrogen (secondary N) is 2. The summed E-state index contributed by atoms with van der Waals surface area (Å²) in [6.45, 7) is 8.74. The Hall–Kier alpha value is -6.20. The maximum absolute atomic E-state index is 12.9. The van der Waals surface area contributed by atoms with Crippen LogP contribution in [-0.2, 0) is 41.4 Å². The molecule has 2 aliphatic heterocycles. The minimum atomic E-state index is -0.882. The first-order chi connectivity index (χ1) is 33.5. The average Bonchev–Trinajstić information content (AvgIpc) is 3.85. The number of carboxylic acids is 1. The van der Waals surface area contributed by atoms with Crippen molar-refractivity contribution >= 4 is 41.5 Å². The normalized spacial score (nSPS) is 15.3. The number of piperidine rings is 1. The number of hydrogen-bond acceptors (Lipinski definition) is 11. The SMILES string of the molecule is CN(C=O)CCN1CCCC1C(=O)NCCOCCOCCOCCC(=O)O.Cc1cccc(C(=O)Nc2ccc(N3CCCCC3)cc2-c2cc(C(N)=O)ccn2)c1.c1ccc2c(c1)CCCC2. The lowest BCUT2D eigenvalue weighted by atomic mass is 9.92. The molecule has 3 heterocycles. The molecule has 1 aromatic heterocycles. The first-order valence-electron chi connectivity index (χ1n) is 24.2. The molecule has 16 heteroatoms. The smallest absolute Gasteiger partial charge is 0.305 e. The molecule has 0 bridgehead atoms. The van der Waals surface area contributed by atoms with E-state index in [1.165, 1.54) is 32.1 Å². The van der Waals surface area contributed by atoms with Crippen LogP contribution in [0.5, 0.6) is 0 Å². The topological polar surface area (TPSA) is 206 Å². The summed E-state index contributed by atoms with van der Waals surface area (Å²) in [5, 5.41) is 14.4. The van der Waals surface area contributed by atoms with Crippen LogP contribution in [0.4, 0.5) is 11.4 Å². The Kier molecular flexibility index (Phi) is 23.1. The molecule has 0 saturated carbocycles. The molecule has 1 unspecified atom stereocenters. The number of carboxylic acid groups (broad SMARTS) is 1. The Bertz CT molecular complexity index is 2230. The lowest BCUT2D eigenvalue weighted by molar-refractivity contribution is -0.138. The summed E-state index contributed by atoms with van der Waals surface area (Å²) in [7, 11) is 1.73. The van der Waals surface area contributed by atoms with Crippen LogP contribution in [0.3, 0.4) is 0 Å². The average molecular weight is 950 g/mol. The fourth-order valence-electron chi connectivity index (χ4n) is 8.39. The van der Waals surface area contributed by atoms with Crippen LogP contribution in [0.1, 0.15) is 88.8 Å². The predicted octanol–water partition coefficient (Wildman–Crippen LogP) is 6.14. The first kappa shape index (κ1) is 53.8. The number of anilines is 2. The van der Waals surface area contributed by atoms with E-state index in [1.807, 2.05) is 43.3 Å². The Balaban J connectivity index is 0.000000215. The van der Waals surface area contributed by atoms with E-state index in [4.69, 9.17) is 25.1 Å². The van der Waals surface area contributed by atoms with Gasteiger partial charge in [0.2, 0.25) is 18.2 Å². The molecule has 1 aliphatic carbocycles. The number of fused-ring (bicyclic) bond motifs is 1. The van der Waals surface area contributed by atoms with Crippen molar-refractivity contribution in [3.05, 3.63) is 113 Å². The third kappa shape index (κ3) is 18.7. The van der Waals surface area contributed by atoms with Crippen molar-refractivity contribution in [2.24, 2.45) is 5.73 Å². The number of rotatable bonds is 22. The summed E-state index contributed by atoms with van der Waals surface area (Å²) >= 11 is 0. The van der Waals surface area contributed by atoms with Crippen molar-refractivity contribution in [2.75, 3.05) is 96.2 Å². The molecule has 372 valence electrons. The van der Waals surface area contributed by atoms with Gasteiger partial charge in [0.1, 0.15) is 0 Å². The third-order valence-electron chi connectivity index (χ3n) is 12.2. The highest BCUT2D eigenvalue weighted by Crippen LogP contribution is 2.33. The Labute approximate surface area is 406 Å². The second-order valence-electron chi connectivity index (χ2n) is 17.4. The van der Waals surface area contributed by atoms with Gasteiger partial charge in [0, 0.05) is 68.3 Å². The lowest BCUT2D eigenvalue weighted by Gasteiger charge is -2.29. The van der Waals surface area contributed by atoms with Crippen molar-refractivity contribution in [1.82, 2.24) is 20.1 Å². The van der Waals surface area contributed by atoms with Gasteiger partial charge >= 0.3 is 5.97 Å². The van der Waals surface area contributed by atoms with Crippen molar-refractivity contribution in [2.45, 2.75) is 77.2 Å². The number of carbonyl (C=O) groups excluding carboxylic acids is 4. The largest absolute Gasteiger partial charge is 0.481 e. The van der Waals surface area contributed by atoms with Gasteiger partial charge in [-0.05, 0) is 125 Å². The molecular formula is C53H71N7O9. The van der Waals surface area contributed by atoms with Gasteiger partial charge in [0.05, 0.1) is 63.5 Å². The number of aryl methyl sites for hydroxylation is 3. The van der Waals surface area contributed by atoms with Gasteiger partial charge in [-0.15, -0.1) is 0 Å². The molecule has 2 saturated heterocycles. The van der Waals surface area contributed by atoms with E-state index in [0.29, 0.717) is 75.2 Å². The summed E-state index contributed by atoms with van der Waals surface area (Å²) in [5.74, 6) is -1.58. The zero-order valence-electron chi connectivity index (χ0n) is 40.4. The molecular weight excluding hydrogens is 879 g/mol. The number of ether oxygens (including phenoxy) is 3. The van der Waals surface area contributed by atoms with E-state index in [-0.39, 0.29) is 30.9 Å². The highest BCUT2D eigenvalue weighted by atomic mass is 16.5. The summed E-state index contributed by atoms with van der Waals surface area (Å²) in [6, 6.07) is 25.3. The number of pyridine rings is 1. The number of nitrogens with two attached hydrogens (primary N) is 1. The van der Waals surface area contributed by atoms with E-state index < -0.39 is 11.9 Å². The number of likely N-dealkylation sites (N-methyl/N-ethyl adjacent to an activating group) is 1. The molecule has 0 spiro atoms. The predicted molar refractivity (Wildman–Crippen MR) is 267 cm³/mol. The molecule has 4 aromatic rings. The minimum absolute atomic E-state index is 0.00427. The van der Waals surface area contributed by atoms with Crippen LogP contribution in [-0.4, -0.2) is 142 Å². The number of benzene rings is 3. The Morgan fingerprint density at radius 2 is 1.49 bits per heavy atom. The number of hydrogen-bond donors (Lipinski definition) is 4. The second-order valence-corrected chi connectivity index (χ2v) is 17.4. The van der Waals surface area contributed by atoms with Crippen LogP contribution < -0.4 is 21.3 Å². The maximum Gasteiger partial charge on any atom is 0.305 e. The fourth-order valence-corrected chi connectivity index (χ4v) is 8.39. The highest BCUT2D eigenvalue weighted by molar-refractivity contribution is 6.06.